The van der Waals surface area contributed by atoms with E-state index in [4.69, 9.17) is 11.6 Å². The zero-order valence-electron chi connectivity index (χ0n) is 13.2. The van der Waals surface area contributed by atoms with Crippen molar-refractivity contribution >= 4 is 46.6 Å². The molecule has 130 valence electrons. The highest BCUT2D eigenvalue weighted by atomic mass is 35.5. The third-order valence-electron chi connectivity index (χ3n) is 4.18. The third kappa shape index (κ3) is 3.22. The summed E-state index contributed by atoms with van der Waals surface area (Å²) in [6.07, 6.45) is 1.38. The lowest BCUT2D eigenvalue weighted by Gasteiger charge is -2.30. The second-order valence-corrected chi connectivity index (χ2v) is 5.93. The molecular formula is C16H19Cl2N3O3. The smallest absolute Gasteiger partial charge is 0.341 e. The predicted octanol–water partition coefficient (Wildman–Crippen LogP) is 2.20. The van der Waals surface area contributed by atoms with Crippen molar-refractivity contribution in [1.29, 1.82) is 0 Å². The fourth-order valence-electron chi connectivity index (χ4n) is 2.96. The molecule has 3 rings (SSSR count). The highest BCUT2D eigenvalue weighted by Crippen LogP contribution is 2.30. The summed E-state index contributed by atoms with van der Waals surface area (Å²) in [5.74, 6) is -1.21. The third-order valence-corrected chi connectivity index (χ3v) is 4.48. The average Bonchev–Trinajstić information content (AvgIpc) is 2.55. The number of aromatic nitrogens is 1. The normalized spacial score (nSPS) is 14.5. The first-order valence-corrected chi connectivity index (χ1v) is 7.96. The van der Waals surface area contributed by atoms with Gasteiger partial charge in [0.2, 0.25) is 5.43 Å². The number of carbonyl (C=O) groups is 1. The summed E-state index contributed by atoms with van der Waals surface area (Å²) in [6, 6.07) is 3.48. The van der Waals surface area contributed by atoms with Crippen molar-refractivity contribution in [1.82, 2.24) is 9.88 Å². The minimum absolute atomic E-state index is 0. The number of halogens is 2. The SMILES string of the molecule is CCn1cc(C(=O)O)c(=O)c2cc(N3CCNCC3)c(Cl)cc21.Cl. The molecule has 0 unspecified atom stereocenters. The topological polar surface area (TPSA) is 74.6 Å². The average molecular weight is 372 g/mol. The molecule has 0 aliphatic carbocycles. The summed E-state index contributed by atoms with van der Waals surface area (Å²) in [6.45, 7) is 5.75. The molecule has 2 aromatic rings. The molecule has 2 N–H and O–H groups in total. The number of aromatic carboxylic acids is 1. The van der Waals surface area contributed by atoms with Gasteiger partial charge in [-0.2, -0.15) is 0 Å². The van der Waals surface area contributed by atoms with E-state index in [9.17, 15) is 14.7 Å². The van der Waals surface area contributed by atoms with E-state index < -0.39 is 11.4 Å². The molecule has 1 aromatic heterocycles. The van der Waals surface area contributed by atoms with Crippen LogP contribution in [-0.2, 0) is 6.54 Å². The Balaban J connectivity index is 0.00000208. The first-order chi connectivity index (χ1) is 11.0. The van der Waals surface area contributed by atoms with Gasteiger partial charge in [0.1, 0.15) is 5.56 Å². The van der Waals surface area contributed by atoms with Gasteiger partial charge >= 0.3 is 5.97 Å². The van der Waals surface area contributed by atoms with Gasteiger partial charge in [-0.25, -0.2) is 4.79 Å². The number of nitrogens with zero attached hydrogens (tertiary/aromatic N) is 2. The van der Waals surface area contributed by atoms with Crippen molar-refractivity contribution in [3.8, 4) is 0 Å². The monoisotopic (exact) mass is 371 g/mol. The van der Waals surface area contributed by atoms with E-state index in [2.05, 4.69) is 10.2 Å². The number of pyridine rings is 1. The van der Waals surface area contributed by atoms with E-state index in [0.29, 0.717) is 22.5 Å². The van der Waals surface area contributed by atoms with Crippen molar-refractivity contribution < 1.29 is 9.90 Å². The minimum atomic E-state index is -1.21. The van der Waals surface area contributed by atoms with Crippen LogP contribution in [0.1, 0.15) is 17.3 Å². The van der Waals surface area contributed by atoms with Crippen molar-refractivity contribution in [2.24, 2.45) is 0 Å². The number of hydrogen-bond donors (Lipinski definition) is 2. The Morgan fingerprint density at radius 3 is 2.58 bits per heavy atom. The first kappa shape index (κ1) is 18.6. The van der Waals surface area contributed by atoms with E-state index in [1.165, 1.54) is 6.20 Å². The number of carboxylic acid groups (broad SMARTS) is 1. The largest absolute Gasteiger partial charge is 0.477 e. The van der Waals surface area contributed by atoms with Crippen molar-refractivity contribution in [2.45, 2.75) is 13.5 Å². The predicted molar refractivity (Wildman–Crippen MR) is 98.2 cm³/mol. The van der Waals surface area contributed by atoms with E-state index in [1.807, 2.05) is 6.92 Å². The molecule has 1 aliphatic rings. The second-order valence-electron chi connectivity index (χ2n) is 5.52. The van der Waals surface area contributed by atoms with Gasteiger partial charge in [0.05, 0.1) is 16.2 Å². The number of aryl methyl sites for hydroxylation is 1. The Hall–Kier alpha value is -1.76. The van der Waals surface area contributed by atoms with E-state index in [0.717, 1.165) is 31.9 Å². The van der Waals surface area contributed by atoms with Crippen molar-refractivity contribution in [3.05, 3.63) is 39.1 Å². The lowest BCUT2D eigenvalue weighted by Crippen LogP contribution is -2.43. The van der Waals surface area contributed by atoms with Gasteiger partial charge < -0.3 is 19.9 Å². The molecule has 8 heteroatoms. The number of rotatable bonds is 3. The standard InChI is InChI=1S/C16H18ClN3O3.ClH/c1-2-19-9-11(16(22)23)15(21)10-7-14(12(17)8-13(10)19)20-5-3-18-4-6-20;/h7-9,18H,2-6H2,1H3,(H,22,23);1H. The lowest BCUT2D eigenvalue weighted by atomic mass is 10.1. The van der Waals surface area contributed by atoms with Crippen LogP contribution in [0.25, 0.3) is 10.9 Å². The van der Waals surface area contributed by atoms with Gasteiger partial charge in [-0.15, -0.1) is 12.4 Å². The molecule has 0 atom stereocenters. The highest BCUT2D eigenvalue weighted by Gasteiger charge is 2.19. The van der Waals surface area contributed by atoms with Crippen LogP contribution in [0.5, 0.6) is 0 Å². The summed E-state index contributed by atoms with van der Waals surface area (Å²) in [4.78, 5) is 26.0. The molecule has 0 spiro atoms. The Kier molecular flexibility index (Phi) is 5.74. The molecule has 2 heterocycles. The quantitative estimate of drug-likeness (QED) is 0.864. The number of anilines is 1. The van der Waals surface area contributed by atoms with E-state index >= 15 is 0 Å². The number of benzene rings is 1. The Morgan fingerprint density at radius 1 is 1.33 bits per heavy atom. The Morgan fingerprint density at radius 2 is 2.00 bits per heavy atom. The van der Waals surface area contributed by atoms with E-state index in [-0.39, 0.29) is 18.0 Å². The van der Waals surface area contributed by atoms with Crippen LogP contribution in [0.2, 0.25) is 5.02 Å². The first-order valence-electron chi connectivity index (χ1n) is 7.58. The number of hydrogen-bond acceptors (Lipinski definition) is 4. The van der Waals surface area contributed by atoms with Gasteiger partial charge in [0, 0.05) is 44.3 Å². The Labute approximate surface area is 150 Å². The second kappa shape index (κ2) is 7.42. The van der Waals surface area contributed by atoms with Gasteiger partial charge in [-0.1, -0.05) is 11.6 Å². The van der Waals surface area contributed by atoms with Crippen molar-refractivity contribution in [3.63, 3.8) is 0 Å². The van der Waals surface area contributed by atoms with Crippen LogP contribution in [-0.4, -0.2) is 41.8 Å². The molecule has 0 radical (unpaired) electrons. The van der Waals surface area contributed by atoms with Crippen LogP contribution >= 0.6 is 24.0 Å². The maximum atomic E-state index is 12.5. The molecule has 6 nitrogen and oxygen atoms in total. The van der Waals surface area contributed by atoms with Crippen LogP contribution in [0.3, 0.4) is 0 Å². The number of fused-ring (bicyclic) bond motifs is 1. The lowest BCUT2D eigenvalue weighted by molar-refractivity contribution is 0.0695. The molecule has 1 aliphatic heterocycles. The fourth-order valence-corrected chi connectivity index (χ4v) is 3.24. The number of carboxylic acids is 1. The van der Waals surface area contributed by atoms with Gasteiger partial charge in [0.25, 0.3) is 0 Å². The summed E-state index contributed by atoms with van der Waals surface area (Å²) >= 11 is 6.43. The fraction of sp³-hybridized carbons (Fsp3) is 0.375. The van der Waals surface area contributed by atoms with Gasteiger partial charge in [-0.3, -0.25) is 4.79 Å². The minimum Gasteiger partial charge on any atom is -0.477 e. The number of nitrogens with one attached hydrogen (secondary N) is 1. The molecule has 1 saturated heterocycles. The zero-order chi connectivity index (χ0) is 16.6. The Bertz CT molecular complexity index is 829. The zero-order valence-corrected chi connectivity index (χ0v) is 14.8. The molecule has 0 amide bonds. The molecule has 0 saturated carbocycles. The maximum absolute atomic E-state index is 12.5. The number of piperazine rings is 1. The van der Waals surface area contributed by atoms with Crippen LogP contribution in [0, 0.1) is 0 Å². The molecule has 0 bridgehead atoms. The molecular weight excluding hydrogens is 353 g/mol. The molecule has 24 heavy (non-hydrogen) atoms. The summed E-state index contributed by atoms with van der Waals surface area (Å²) in [5, 5.41) is 13.5. The maximum Gasteiger partial charge on any atom is 0.341 e. The van der Waals surface area contributed by atoms with Crippen molar-refractivity contribution in [2.75, 3.05) is 31.1 Å². The summed E-state index contributed by atoms with van der Waals surface area (Å²) < 4.78 is 1.74. The van der Waals surface area contributed by atoms with E-state index in [1.54, 1.807) is 16.7 Å². The summed E-state index contributed by atoms with van der Waals surface area (Å²) in [7, 11) is 0. The van der Waals surface area contributed by atoms with Crippen LogP contribution in [0.4, 0.5) is 5.69 Å². The molecule has 1 fully saturated rings. The van der Waals surface area contributed by atoms with Crippen LogP contribution in [0.15, 0.2) is 23.1 Å². The summed E-state index contributed by atoms with van der Waals surface area (Å²) in [5.41, 5.74) is 0.757. The highest BCUT2D eigenvalue weighted by molar-refractivity contribution is 6.34. The van der Waals surface area contributed by atoms with Gasteiger partial charge in [0.15, 0.2) is 0 Å². The van der Waals surface area contributed by atoms with Crippen LogP contribution < -0.4 is 15.6 Å². The molecule has 1 aromatic carbocycles. The van der Waals surface area contributed by atoms with Gasteiger partial charge in [-0.05, 0) is 19.1 Å².